The lowest BCUT2D eigenvalue weighted by atomic mass is 10.1. The maximum atomic E-state index is 11.9. The Hall–Kier alpha value is -1.59. The molecular formula is C14H20N2O3. The van der Waals surface area contributed by atoms with E-state index in [1.807, 2.05) is 23.1 Å². The monoisotopic (exact) mass is 264 g/mol. The Morgan fingerprint density at radius 1 is 1.58 bits per heavy atom. The highest BCUT2D eigenvalue weighted by molar-refractivity contribution is 5.92. The van der Waals surface area contributed by atoms with Crippen LogP contribution in [0.25, 0.3) is 0 Å². The van der Waals surface area contributed by atoms with Crippen molar-refractivity contribution in [3.05, 3.63) is 24.3 Å². The number of aliphatic hydroxyl groups excluding tert-OH is 1. The molecule has 0 aromatic heterocycles. The number of carbonyl (C=O) groups excluding carboxylic acids is 1. The number of β-amino-alcohol motifs (C(OH)–C–C–N with tert-alkyl or cyclic N) is 1. The molecule has 0 bridgehead atoms. The van der Waals surface area contributed by atoms with Crippen molar-refractivity contribution in [1.82, 2.24) is 4.90 Å². The number of nitrogens with one attached hydrogen (secondary N) is 1. The van der Waals surface area contributed by atoms with Gasteiger partial charge in [-0.2, -0.15) is 0 Å². The van der Waals surface area contributed by atoms with Crippen molar-refractivity contribution in [2.45, 2.75) is 18.9 Å². The normalized spacial score (nSPS) is 20.0. The lowest BCUT2D eigenvalue weighted by molar-refractivity contribution is -0.118. The molecule has 2 rings (SSSR count). The number of carbonyl (C=O) groups is 1. The third-order valence-electron chi connectivity index (χ3n) is 3.20. The summed E-state index contributed by atoms with van der Waals surface area (Å²) in [5, 5.41) is 12.4. The van der Waals surface area contributed by atoms with Gasteiger partial charge in [-0.1, -0.05) is 6.07 Å². The summed E-state index contributed by atoms with van der Waals surface area (Å²) in [7, 11) is 1.59. The lowest BCUT2D eigenvalue weighted by Gasteiger charge is -2.29. The van der Waals surface area contributed by atoms with Crippen molar-refractivity contribution in [3.63, 3.8) is 0 Å². The summed E-state index contributed by atoms with van der Waals surface area (Å²) in [6.45, 7) is 1.75. The molecule has 1 aromatic rings. The highest BCUT2D eigenvalue weighted by Crippen LogP contribution is 2.17. The van der Waals surface area contributed by atoms with Crippen LogP contribution in [0, 0.1) is 0 Å². The number of rotatable bonds is 4. The maximum Gasteiger partial charge on any atom is 0.238 e. The molecule has 1 aliphatic rings. The highest BCUT2D eigenvalue weighted by atomic mass is 16.5. The van der Waals surface area contributed by atoms with Crippen molar-refractivity contribution in [3.8, 4) is 5.75 Å². The van der Waals surface area contributed by atoms with E-state index in [2.05, 4.69) is 5.32 Å². The molecule has 1 amide bonds. The Labute approximate surface area is 113 Å². The number of anilines is 1. The second-order valence-corrected chi connectivity index (χ2v) is 4.81. The van der Waals surface area contributed by atoms with Crippen LogP contribution in [0.5, 0.6) is 5.75 Å². The van der Waals surface area contributed by atoms with Crippen molar-refractivity contribution >= 4 is 11.6 Å². The lowest BCUT2D eigenvalue weighted by Crippen LogP contribution is -2.42. The van der Waals surface area contributed by atoms with Crippen LogP contribution in [0.1, 0.15) is 12.8 Å². The Kier molecular flexibility index (Phi) is 4.76. The number of benzene rings is 1. The minimum Gasteiger partial charge on any atom is -0.497 e. The molecule has 1 heterocycles. The van der Waals surface area contributed by atoms with Gasteiger partial charge in [0.1, 0.15) is 5.75 Å². The second kappa shape index (κ2) is 6.54. The van der Waals surface area contributed by atoms with E-state index >= 15 is 0 Å². The summed E-state index contributed by atoms with van der Waals surface area (Å²) >= 11 is 0. The highest BCUT2D eigenvalue weighted by Gasteiger charge is 2.19. The van der Waals surface area contributed by atoms with E-state index in [1.165, 1.54) is 0 Å². The Balaban J connectivity index is 1.86. The van der Waals surface area contributed by atoms with Crippen LogP contribution < -0.4 is 10.1 Å². The number of nitrogens with zero attached hydrogens (tertiary/aromatic N) is 1. The van der Waals surface area contributed by atoms with Crippen LogP contribution >= 0.6 is 0 Å². The van der Waals surface area contributed by atoms with Crippen molar-refractivity contribution in [1.29, 1.82) is 0 Å². The van der Waals surface area contributed by atoms with E-state index in [0.717, 1.165) is 25.1 Å². The standard InChI is InChI=1S/C14H20N2O3/c1-19-13-6-2-4-11(8-13)15-14(18)10-16-7-3-5-12(17)9-16/h2,4,6,8,12,17H,3,5,7,9-10H2,1H3,(H,15,18)/t12-/m0/s1. The largest absolute Gasteiger partial charge is 0.497 e. The fourth-order valence-electron chi connectivity index (χ4n) is 2.28. The van der Waals surface area contributed by atoms with Gasteiger partial charge in [-0.25, -0.2) is 0 Å². The maximum absolute atomic E-state index is 11.9. The van der Waals surface area contributed by atoms with E-state index in [0.29, 0.717) is 18.8 Å². The molecule has 5 nitrogen and oxygen atoms in total. The fourth-order valence-corrected chi connectivity index (χ4v) is 2.28. The molecule has 0 aliphatic carbocycles. The fraction of sp³-hybridized carbons (Fsp3) is 0.500. The van der Waals surface area contributed by atoms with Crippen molar-refractivity contribution in [2.75, 3.05) is 32.1 Å². The molecule has 0 radical (unpaired) electrons. The Morgan fingerprint density at radius 2 is 2.42 bits per heavy atom. The predicted octanol–water partition coefficient (Wildman–Crippen LogP) is 1.09. The minimum absolute atomic E-state index is 0.0673. The third kappa shape index (κ3) is 4.22. The average molecular weight is 264 g/mol. The first-order valence-electron chi connectivity index (χ1n) is 6.51. The zero-order valence-corrected chi connectivity index (χ0v) is 11.1. The molecule has 1 aromatic carbocycles. The smallest absolute Gasteiger partial charge is 0.238 e. The molecule has 1 aliphatic heterocycles. The molecular weight excluding hydrogens is 244 g/mol. The number of hydrogen-bond acceptors (Lipinski definition) is 4. The predicted molar refractivity (Wildman–Crippen MR) is 73.3 cm³/mol. The van der Waals surface area contributed by atoms with Crippen molar-refractivity contribution < 1.29 is 14.6 Å². The number of methoxy groups -OCH3 is 1. The molecule has 0 unspecified atom stereocenters. The number of piperidine rings is 1. The molecule has 0 saturated carbocycles. The number of likely N-dealkylation sites (tertiary alicyclic amines) is 1. The summed E-state index contributed by atoms with van der Waals surface area (Å²) in [6, 6.07) is 7.27. The van der Waals surface area contributed by atoms with Gasteiger partial charge in [0.05, 0.1) is 19.8 Å². The van der Waals surface area contributed by atoms with Gasteiger partial charge in [-0.05, 0) is 31.5 Å². The number of amides is 1. The topological polar surface area (TPSA) is 61.8 Å². The molecule has 1 atom stereocenters. The van der Waals surface area contributed by atoms with Gasteiger partial charge in [0.15, 0.2) is 0 Å². The first kappa shape index (κ1) is 13.8. The summed E-state index contributed by atoms with van der Waals surface area (Å²) < 4.78 is 5.11. The number of ether oxygens (including phenoxy) is 1. The molecule has 5 heteroatoms. The van der Waals surface area contributed by atoms with E-state index in [4.69, 9.17) is 4.74 Å². The van der Waals surface area contributed by atoms with Crippen LogP contribution in [-0.2, 0) is 4.79 Å². The zero-order valence-electron chi connectivity index (χ0n) is 11.1. The SMILES string of the molecule is COc1cccc(NC(=O)CN2CCC[C@H](O)C2)c1. The van der Waals surface area contributed by atoms with E-state index < -0.39 is 0 Å². The first-order chi connectivity index (χ1) is 9.17. The van der Waals surface area contributed by atoms with Gasteiger partial charge in [0.2, 0.25) is 5.91 Å². The van der Waals surface area contributed by atoms with Crippen molar-refractivity contribution in [2.24, 2.45) is 0 Å². The number of hydrogen-bond donors (Lipinski definition) is 2. The molecule has 0 spiro atoms. The second-order valence-electron chi connectivity index (χ2n) is 4.81. The van der Waals surface area contributed by atoms with Gasteiger partial charge < -0.3 is 15.2 Å². The molecule has 1 fully saturated rings. The van der Waals surface area contributed by atoms with Gasteiger partial charge in [0, 0.05) is 18.3 Å². The Morgan fingerprint density at radius 3 is 3.16 bits per heavy atom. The zero-order chi connectivity index (χ0) is 13.7. The minimum atomic E-state index is -0.307. The number of aliphatic hydroxyl groups is 1. The van der Waals surface area contributed by atoms with Gasteiger partial charge in [-0.15, -0.1) is 0 Å². The van der Waals surface area contributed by atoms with Gasteiger partial charge >= 0.3 is 0 Å². The van der Waals surface area contributed by atoms with E-state index in [-0.39, 0.29) is 12.0 Å². The summed E-state index contributed by atoms with van der Waals surface area (Å²) in [6.07, 6.45) is 1.46. The third-order valence-corrected chi connectivity index (χ3v) is 3.20. The summed E-state index contributed by atoms with van der Waals surface area (Å²) in [5.74, 6) is 0.647. The molecule has 2 N–H and O–H groups in total. The molecule has 104 valence electrons. The van der Waals surface area contributed by atoms with Crippen LogP contribution in [-0.4, -0.2) is 48.8 Å². The first-order valence-corrected chi connectivity index (χ1v) is 6.51. The Bertz CT molecular complexity index is 436. The van der Waals surface area contributed by atoms with Crippen LogP contribution in [0.3, 0.4) is 0 Å². The van der Waals surface area contributed by atoms with E-state index in [9.17, 15) is 9.90 Å². The summed E-state index contributed by atoms with van der Waals surface area (Å²) in [4.78, 5) is 13.9. The van der Waals surface area contributed by atoms with Gasteiger partial charge in [-0.3, -0.25) is 9.69 Å². The molecule has 19 heavy (non-hydrogen) atoms. The average Bonchev–Trinajstić information content (AvgIpc) is 2.38. The quantitative estimate of drug-likeness (QED) is 0.854. The summed E-state index contributed by atoms with van der Waals surface area (Å²) in [5.41, 5.74) is 0.724. The van der Waals surface area contributed by atoms with Crippen LogP contribution in [0.2, 0.25) is 0 Å². The van der Waals surface area contributed by atoms with Crippen LogP contribution in [0.4, 0.5) is 5.69 Å². The van der Waals surface area contributed by atoms with Gasteiger partial charge in [0.25, 0.3) is 0 Å². The van der Waals surface area contributed by atoms with Crippen LogP contribution in [0.15, 0.2) is 24.3 Å². The molecule has 1 saturated heterocycles. The van der Waals surface area contributed by atoms with E-state index in [1.54, 1.807) is 13.2 Å².